The van der Waals surface area contributed by atoms with E-state index < -0.39 is 12.3 Å². The fraction of sp³-hybridized carbons (Fsp3) is 0.545. The van der Waals surface area contributed by atoms with Crippen molar-refractivity contribution in [2.75, 3.05) is 11.9 Å². The molecule has 0 aliphatic rings. The zero-order valence-corrected chi connectivity index (χ0v) is 9.71. The van der Waals surface area contributed by atoms with Crippen molar-refractivity contribution in [1.82, 2.24) is 4.98 Å². The molecule has 0 aromatic carbocycles. The minimum atomic E-state index is -4.32. The van der Waals surface area contributed by atoms with Crippen LogP contribution in [0.3, 0.4) is 0 Å². The molecule has 0 spiro atoms. The van der Waals surface area contributed by atoms with Crippen LogP contribution in [0.1, 0.15) is 19.4 Å². The standard InChI is InChI=1S/C11H15F3N2O/c1-3-15-10-6-9(4-5-16-10)7-17-8(2)11(12,13)14/h4-6,8H,3,7H2,1-2H3,(H,15,16). The number of pyridine rings is 1. The van der Waals surface area contributed by atoms with Crippen LogP contribution in [0.2, 0.25) is 0 Å². The number of aromatic nitrogens is 1. The quantitative estimate of drug-likeness (QED) is 0.869. The molecule has 96 valence electrons. The van der Waals surface area contributed by atoms with Crippen molar-refractivity contribution in [1.29, 1.82) is 0 Å². The summed E-state index contributed by atoms with van der Waals surface area (Å²) in [7, 11) is 0. The Kier molecular flexibility index (Phi) is 4.74. The highest BCUT2D eigenvalue weighted by Crippen LogP contribution is 2.23. The molecule has 0 amide bonds. The highest BCUT2D eigenvalue weighted by Gasteiger charge is 2.36. The lowest BCUT2D eigenvalue weighted by atomic mass is 10.2. The Bertz CT molecular complexity index is 355. The third-order valence-corrected chi connectivity index (χ3v) is 2.14. The number of nitrogens with zero attached hydrogens (tertiary/aromatic N) is 1. The number of alkyl halides is 3. The second kappa shape index (κ2) is 5.86. The van der Waals surface area contributed by atoms with Crippen molar-refractivity contribution >= 4 is 5.82 Å². The second-order valence-electron chi connectivity index (χ2n) is 3.57. The van der Waals surface area contributed by atoms with Gasteiger partial charge in [0.25, 0.3) is 0 Å². The normalized spacial score (nSPS) is 13.5. The van der Waals surface area contributed by atoms with Crippen molar-refractivity contribution in [2.45, 2.75) is 32.7 Å². The van der Waals surface area contributed by atoms with Gasteiger partial charge in [-0.15, -0.1) is 0 Å². The van der Waals surface area contributed by atoms with E-state index in [0.717, 1.165) is 6.92 Å². The first kappa shape index (κ1) is 13.8. The molecule has 1 rings (SSSR count). The summed E-state index contributed by atoms with van der Waals surface area (Å²) in [5.41, 5.74) is 0.659. The zero-order chi connectivity index (χ0) is 12.9. The van der Waals surface area contributed by atoms with Crippen LogP contribution in [-0.4, -0.2) is 23.8 Å². The van der Waals surface area contributed by atoms with Gasteiger partial charge in [0.2, 0.25) is 0 Å². The van der Waals surface area contributed by atoms with E-state index in [1.165, 1.54) is 6.20 Å². The van der Waals surface area contributed by atoms with E-state index in [1.54, 1.807) is 12.1 Å². The van der Waals surface area contributed by atoms with Crippen molar-refractivity contribution < 1.29 is 17.9 Å². The number of hydrogen-bond acceptors (Lipinski definition) is 3. The maximum Gasteiger partial charge on any atom is 0.414 e. The van der Waals surface area contributed by atoms with E-state index in [-0.39, 0.29) is 6.61 Å². The average molecular weight is 248 g/mol. The minimum absolute atomic E-state index is 0.0818. The molecule has 0 bridgehead atoms. The maximum absolute atomic E-state index is 12.2. The Hall–Kier alpha value is -1.30. The molecule has 1 unspecified atom stereocenters. The fourth-order valence-corrected chi connectivity index (χ4v) is 1.16. The molecule has 0 saturated carbocycles. The van der Waals surface area contributed by atoms with Crippen molar-refractivity contribution in [3.8, 4) is 0 Å². The number of anilines is 1. The molecule has 1 N–H and O–H groups in total. The van der Waals surface area contributed by atoms with Crippen LogP contribution in [0.25, 0.3) is 0 Å². The van der Waals surface area contributed by atoms with Crippen LogP contribution >= 0.6 is 0 Å². The summed E-state index contributed by atoms with van der Waals surface area (Å²) in [4.78, 5) is 4.02. The third-order valence-electron chi connectivity index (χ3n) is 2.14. The van der Waals surface area contributed by atoms with Gasteiger partial charge < -0.3 is 10.1 Å². The summed E-state index contributed by atoms with van der Waals surface area (Å²) >= 11 is 0. The molecule has 0 aliphatic heterocycles. The number of halogens is 3. The van der Waals surface area contributed by atoms with Crippen molar-refractivity contribution in [2.24, 2.45) is 0 Å². The van der Waals surface area contributed by atoms with E-state index >= 15 is 0 Å². The smallest absolute Gasteiger partial charge is 0.370 e. The Morgan fingerprint density at radius 3 is 2.76 bits per heavy atom. The van der Waals surface area contributed by atoms with Gasteiger partial charge in [-0.2, -0.15) is 13.2 Å². The van der Waals surface area contributed by atoms with Gasteiger partial charge in [-0.3, -0.25) is 0 Å². The highest BCUT2D eigenvalue weighted by molar-refractivity contribution is 5.36. The minimum Gasteiger partial charge on any atom is -0.370 e. The van der Waals surface area contributed by atoms with Crippen LogP contribution in [0.5, 0.6) is 0 Å². The number of rotatable bonds is 5. The molecule has 1 aromatic rings. The average Bonchev–Trinajstić information content (AvgIpc) is 2.25. The van der Waals surface area contributed by atoms with Gasteiger partial charge in [-0.25, -0.2) is 4.98 Å². The number of hydrogen-bond donors (Lipinski definition) is 1. The van der Waals surface area contributed by atoms with Crippen molar-refractivity contribution in [3.05, 3.63) is 23.9 Å². The molecule has 17 heavy (non-hydrogen) atoms. The van der Waals surface area contributed by atoms with Crippen LogP contribution in [0, 0.1) is 0 Å². The van der Waals surface area contributed by atoms with E-state index in [4.69, 9.17) is 4.74 Å². The van der Waals surface area contributed by atoms with Crippen LogP contribution in [-0.2, 0) is 11.3 Å². The number of nitrogens with one attached hydrogen (secondary N) is 1. The SMILES string of the molecule is CCNc1cc(COC(C)C(F)(F)F)ccn1. The topological polar surface area (TPSA) is 34.1 Å². The van der Waals surface area contributed by atoms with E-state index in [0.29, 0.717) is 17.9 Å². The Morgan fingerprint density at radius 2 is 2.18 bits per heavy atom. The van der Waals surface area contributed by atoms with E-state index in [9.17, 15) is 13.2 Å². The van der Waals surface area contributed by atoms with Gasteiger partial charge >= 0.3 is 6.18 Å². The molecular formula is C11H15F3N2O. The summed E-state index contributed by atoms with van der Waals surface area (Å²) in [5, 5.41) is 2.98. The molecule has 0 fully saturated rings. The first-order chi connectivity index (χ1) is 7.93. The van der Waals surface area contributed by atoms with Gasteiger partial charge in [0.15, 0.2) is 6.10 Å². The first-order valence-electron chi connectivity index (χ1n) is 5.30. The molecule has 1 heterocycles. The molecule has 1 aromatic heterocycles. The summed E-state index contributed by atoms with van der Waals surface area (Å²) in [6.07, 6.45) is -4.55. The Labute approximate surface area is 98.0 Å². The van der Waals surface area contributed by atoms with Crippen LogP contribution in [0.4, 0.5) is 19.0 Å². The molecular weight excluding hydrogens is 233 g/mol. The van der Waals surface area contributed by atoms with Gasteiger partial charge in [-0.1, -0.05) is 0 Å². The van der Waals surface area contributed by atoms with Gasteiger partial charge in [0, 0.05) is 12.7 Å². The second-order valence-corrected chi connectivity index (χ2v) is 3.57. The summed E-state index contributed by atoms with van der Waals surface area (Å²) < 4.78 is 41.4. The molecule has 1 atom stereocenters. The predicted octanol–water partition coefficient (Wildman–Crippen LogP) is 2.98. The van der Waals surface area contributed by atoms with E-state index in [1.807, 2.05) is 6.92 Å². The predicted molar refractivity (Wildman–Crippen MR) is 58.7 cm³/mol. The molecule has 0 saturated heterocycles. The van der Waals surface area contributed by atoms with Gasteiger partial charge in [-0.05, 0) is 31.5 Å². The summed E-state index contributed by atoms with van der Waals surface area (Å²) in [6, 6.07) is 3.30. The van der Waals surface area contributed by atoms with Gasteiger partial charge in [0.1, 0.15) is 5.82 Å². The Balaban J connectivity index is 2.54. The largest absolute Gasteiger partial charge is 0.414 e. The fourth-order valence-electron chi connectivity index (χ4n) is 1.16. The summed E-state index contributed by atoms with van der Waals surface area (Å²) in [5.74, 6) is 0.633. The molecule has 0 radical (unpaired) electrons. The molecule has 0 aliphatic carbocycles. The van der Waals surface area contributed by atoms with Crippen molar-refractivity contribution in [3.63, 3.8) is 0 Å². The van der Waals surface area contributed by atoms with Crippen LogP contribution in [0.15, 0.2) is 18.3 Å². The lowest BCUT2D eigenvalue weighted by molar-refractivity contribution is -0.217. The first-order valence-corrected chi connectivity index (χ1v) is 5.30. The van der Waals surface area contributed by atoms with Crippen LogP contribution < -0.4 is 5.32 Å². The molecule has 6 heteroatoms. The lowest BCUT2D eigenvalue weighted by Gasteiger charge is -2.16. The zero-order valence-electron chi connectivity index (χ0n) is 9.71. The highest BCUT2D eigenvalue weighted by atomic mass is 19.4. The lowest BCUT2D eigenvalue weighted by Crippen LogP contribution is -2.28. The monoisotopic (exact) mass is 248 g/mol. The third kappa shape index (κ3) is 4.60. The van der Waals surface area contributed by atoms with Gasteiger partial charge in [0.05, 0.1) is 6.61 Å². The summed E-state index contributed by atoms with van der Waals surface area (Å²) in [6.45, 7) is 3.53. The van der Waals surface area contributed by atoms with E-state index in [2.05, 4.69) is 10.3 Å². The number of ether oxygens (including phenoxy) is 1. The Morgan fingerprint density at radius 1 is 1.47 bits per heavy atom. The maximum atomic E-state index is 12.2. The molecule has 3 nitrogen and oxygen atoms in total.